The molecule has 1 aliphatic carbocycles. The molecule has 5 N–H and O–H groups in total. The zero-order valence-corrected chi connectivity index (χ0v) is 18.0. The average molecular weight is 454 g/mol. The molecule has 4 rings (SSSR count). The Hall–Kier alpha value is -2.96. The van der Waals surface area contributed by atoms with Crippen LogP contribution in [0.2, 0.25) is 5.15 Å². The summed E-state index contributed by atoms with van der Waals surface area (Å²) in [5.41, 5.74) is 7.13. The zero-order valence-electron chi connectivity index (χ0n) is 17.3. The van der Waals surface area contributed by atoms with Gasteiger partial charge in [-0.05, 0) is 30.7 Å². The normalized spacial score (nSPS) is 22.6. The van der Waals surface area contributed by atoms with E-state index >= 15 is 0 Å². The predicted molar refractivity (Wildman–Crippen MR) is 121 cm³/mol. The molecule has 32 heavy (non-hydrogen) atoms. The Balaban J connectivity index is 1.31. The number of nitrogens with one attached hydrogen (secondary N) is 1. The second-order valence-corrected chi connectivity index (χ2v) is 8.34. The first-order valence-electron chi connectivity index (χ1n) is 10.3. The number of amides is 1. The third-order valence-electron chi connectivity index (χ3n) is 5.86. The molecule has 0 saturated heterocycles. The molecule has 1 aromatic carbocycles. The van der Waals surface area contributed by atoms with E-state index in [1.165, 1.54) is 6.33 Å². The fourth-order valence-corrected chi connectivity index (χ4v) is 4.39. The van der Waals surface area contributed by atoms with Crippen molar-refractivity contribution in [3.63, 3.8) is 0 Å². The highest BCUT2D eigenvalue weighted by Gasteiger charge is 2.41. The third-order valence-corrected chi connectivity index (χ3v) is 6.16. The minimum atomic E-state index is -0.820. The Kier molecular flexibility index (Phi) is 6.72. The van der Waals surface area contributed by atoms with Gasteiger partial charge < -0.3 is 25.8 Å². The Morgan fingerprint density at radius 2 is 2.06 bits per heavy atom. The van der Waals surface area contributed by atoms with Crippen LogP contribution >= 0.6 is 11.6 Å². The molecule has 166 valence electrons. The maximum Gasteiger partial charge on any atom is 0.248 e. The molecule has 0 bridgehead atoms. The molecule has 8 nitrogen and oxygen atoms in total. The van der Waals surface area contributed by atoms with Crippen molar-refractivity contribution < 1.29 is 15.0 Å². The van der Waals surface area contributed by atoms with Gasteiger partial charge in [0.05, 0.1) is 24.1 Å². The number of aliphatic hydroxyl groups is 2. The van der Waals surface area contributed by atoms with Crippen LogP contribution in [0.3, 0.4) is 0 Å². The maximum atomic E-state index is 11.2. The van der Waals surface area contributed by atoms with E-state index in [1.54, 1.807) is 18.2 Å². The van der Waals surface area contributed by atoms with Gasteiger partial charge in [-0.1, -0.05) is 29.5 Å². The van der Waals surface area contributed by atoms with Crippen molar-refractivity contribution in [1.29, 1.82) is 0 Å². The molecule has 2 aromatic heterocycles. The first-order valence-corrected chi connectivity index (χ1v) is 10.7. The van der Waals surface area contributed by atoms with Crippen LogP contribution in [0.1, 0.15) is 22.3 Å². The van der Waals surface area contributed by atoms with E-state index in [-0.39, 0.29) is 11.8 Å². The zero-order chi connectivity index (χ0) is 22.7. The largest absolute Gasteiger partial charge is 0.390 e. The van der Waals surface area contributed by atoms with Gasteiger partial charge in [-0.3, -0.25) is 4.79 Å². The topological polar surface area (TPSA) is 126 Å². The summed E-state index contributed by atoms with van der Waals surface area (Å²) in [6.07, 6.45) is 2.33. The van der Waals surface area contributed by atoms with Crippen molar-refractivity contribution in [3.05, 3.63) is 59.1 Å². The summed E-state index contributed by atoms with van der Waals surface area (Å²) in [6.45, 7) is 1.48. The second kappa shape index (κ2) is 9.67. The number of carbonyl (C=O) groups excluding carboxylic acids is 1. The number of hydrogen-bond acceptors (Lipinski definition) is 6. The summed E-state index contributed by atoms with van der Waals surface area (Å²) < 4.78 is 1.94. The van der Waals surface area contributed by atoms with Gasteiger partial charge >= 0.3 is 0 Å². The summed E-state index contributed by atoms with van der Waals surface area (Å²) >= 11 is 6.11. The van der Waals surface area contributed by atoms with E-state index in [4.69, 9.17) is 17.3 Å². The molecular formula is C23H24ClN5O3. The summed E-state index contributed by atoms with van der Waals surface area (Å²) in [5.74, 6) is 5.31. The van der Waals surface area contributed by atoms with E-state index in [0.717, 1.165) is 5.39 Å². The van der Waals surface area contributed by atoms with Gasteiger partial charge in [0.15, 0.2) is 0 Å². The molecule has 4 atom stereocenters. The van der Waals surface area contributed by atoms with Gasteiger partial charge in [-0.15, -0.1) is 0 Å². The lowest BCUT2D eigenvalue weighted by Crippen LogP contribution is -2.34. The molecule has 0 spiro atoms. The molecule has 0 aliphatic heterocycles. The Labute approximate surface area is 190 Å². The first-order chi connectivity index (χ1) is 15.4. The SMILES string of the molecule is NC(=O)c1cccc(C#CCNC[C@H]2CC(Cn3ccc4c(Cl)ncnc43)[C@H](O)[C@@H]2O)c1. The molecule has 3 aromatic rings. The number of nitrogens with two attached hydrogens (primary N) is 1. The summed E-state index contributed by atoms with van der Waals surface area (Å²) in [5, 5.41) is 25.4. The summed E-state index contributed by atoms with van der Waals surface area (Å²) in [6, 6.07) is 8.70. The van der Waals surface area contributed by atoms with Crippen LogP contribution in [0.5, 0.6) is 0 Å². The van der Waals surface area contributed by atoms with Crippen LogP contribution in [-0.2, 0) is 6.54 Å². The van der Waals surface area contributed by atoms with Crippen molar-refractivity contribution in [2.24, 2.45) is 17.6 Å². The minimum absolute atomic E-state index is 0.0879. The van der Waals surface area contributed by atoms with Crippen molar-refractivity contribution in [2.45, 2.75) is 25.2 Å². The lowest BCUT2D eigenvalue weighted by Gasteiger charge is -2.18. The van der Waals surface area contributed by atoms with Crippen LogP contribution in [0.15, 0.2) is 42.9 Å². The van der Waals surface area contributed by atoms with Gasteiger partial charge in [0, 0.05) is 42.2 Å². The van der Waals surface area contributed by atoms with E-state index in [2.05, 4.69) is 27.1 Å². The molecule has 1 saturated carbocycles. The second-order valence-electron chi connectivity index (χ2n) is 7.98. The molecule has 1 aliphatic rings. The van der Waals surface area contributed by atoms with Crippen molar-refractivity contribution >= 4 is 28.5 Å². The number of aromatic nitrogens is 3. The van der Waals surface area contributed by atoms with Gasteiger partial charge in [-0.25, -0.2) is 9.97 Å². The smallest absolute Gasteiger partial charge is 0.248 e. The fourth-order valence-electron chi connectivity index (χ4n) is 4.20. The van der Waals surface area contributed by atoms with E-state index in [1.807, 2.05) is 22.9 Å². The Morgan fingerprint density at radius 1 is 1.25 bits per heavy atom. The van der Waals surface area contributed by atoms with Crippen molar-refractivity contribution in [3.8, 4) is 11.8 Å². The highest BCUT2D eigenvalue weighted by Crippen LogP contribution is 2.33. The van der Waals surface area contributed by atoms with Gasteiger partial charge in [0.25, 0.3) is 0 Å². The van der Waals surface area contributed by atoms with E-state index in [0.29, 0.717) is 48.0 Å². The molecule has 0 radical (unpaired) electrons. The lowest BCUT2D eigenvalue weighted by atomic mass is 10.0. The number of halogens is 1. The molecule has 1 amide bonds. The van der Waals surface area contributed by atoms with Crippen LogP contribution in [-0.4, -0.2) is 56.0 Å². The Morgan fingerprint density at radius 3 is 2.88 bits per heavy atom. The van der Waals surface area contributed by atoms with E-state index in [9.17, 15) is 15.0 Å². The summed E-state index contributed by atoms with van der Waals surface area (Å²) in [7, 11) is 0. The quantitative estimate of drug-likeness (QED) is 0.252. The molecule has 1 unspecified atom stereocenters. The Bertz CT molecular complexity index is 1190. The average Bonchev–Trinajstić information content (AvgIpc) is 3.31. The van der Waals surface area contributed by atoms with Crippen molar-refractivity contribution in [1.82, 2.24) is 19.9 Å². The van der Waals surface area contributed by atoms with Crippen LogP contribution in [0.25, 0.3) is 11.0 Å². The third kappa shape index (κ3) is 4.76. The highest BCUT2D eigenvalue weighted by atomic mass is 35.5. The van der Waals surface area contributed by atoms with E-state index < -0.39 is 18.1 Å². The monoisotopic (exact) mass is 453 g/mol. The lowest BCUT2D eigenvalue weighted by molar-refractivity contribution is 0.00180. The predicted octanol–water partition coefficient (Wildman–Crippen LogP) is 1.18. The van der Waals surface area contributed by atoms with Crippen LogP contribution < -0.4 is 11.1 Å². The van der Waals surface area contributed by atoms with Gasteiger partial charge in [0.1, 0.15) is 17.1 Å². The number of carbonyl (C=O) groups is 1. The number of rotatable bonds is 6. The molecule has 1 fully saturated rings. The summed E-state index contributed by atoms with van der Waals surface area (Å²) in [4.78, 5) is 19.5. The van der Waals surface area contributed by atoms with Crippen LogP contribution in [0.4, 0.5) is 0 Å². The fraction of sp³-hybridized carbons (Fsp3) is 0.348. The molecule has 9 heteroatoms. The highest BCUT2D eigenvalue weighted by molar-refractivity contribution is 6.33. The number of nitrogens with zero attached hydrogens (tertiary/aromatic N) is 3. The standard InChI is InChI=1S/C23H24ClN5O3/c24-21-18-6-8-29(23(18)28-13-27-21)12-17-10-16(19(30)20(17)31)11-26-7-2-4-14-3-1-5-15(9-14)22(25)32/h1,3,5-6,8-9,13,16-17,19-20,26,30-31H,7,10-12H2,(H2,25,32)/t16-,17?,19-,20+/m1/s1. The molecule has 2 heterocycles. The number of hydrogen-bond donors (Lipinski definition) is 4. The number of primary amides is 1. The number of fused-ring (bicyclic) bond motifs is 1. The first kappa shape index (κ1) is 22.2. The minimum Gasteiger partial charge on any atom is -0.390 e. The van der Waals surface area contributed by atoms with Crippen LogP contribution in [0, 0.1) is 23.7 Å². The number of benzene rings is 1. The molecular weight excluding hydrogens is 430 g/mol. The van der Waals surface area contributed by atoms with Gasteiger partial charge in [-0.2, -0.15) is 0 Å². The maximum absolute atomic E-state index is 11.2. The number of aliphatic hydroxyl groups excluding tert-OH is 2. The van der Waals surface area contributed by atoms with Gasteiger partial charge in [0.2, 0.25) is 5.91 Å². The van der Waals surface area contributed by atoms with Crippen molar-refractivity contribution in [2.75, 3.05) is 13.1 Å².